The van der Waals surface area contributed by atoms with E-state index in [0.29, 0.717) is 29.3 Å². The molecule has 0 aliphatic carbocycles. The number of anilines is 1. The molecule has 0 aliphatic heterocycles. The zero-order valence-corrected chi connectivity index (χ0v) is 15.7. The van der Waals surface area contributed by atoms with Gasteiger partial charge in [-0.25, -0.2) is 0 Å². The fourth-order valence-electron chi connectivity index (χ4n) is 2.76. The predicted octanol–water partition coefficient (Wildman–Crippen LogP) is 3.74. The summed E-state index contributed by atoms with van der Waals surface area (Å²) in [5.41, 5.74) is 1.99. The fourth-order valence-corrected chi connectivity index (χ4v) is 3.72. The van der Waals surface area contributed by atoms with Gasteiger partial charge in [-0.05, 0) is 42.8 Å². The molecule has 3 rings (SSSR count). The number of aryl methyl sites for hydroxylation is 1. The summed E-state index contributed by atoms with van der Waals surface area (Å²) in [6, 6.07) is 10.5. The zero-order chi connectivity index (χ0) is 18.7. The largest absolute Gasteiger partial charge is 0.493 e. The number of benzene rings is 2. The number of aromatic nitrogens is 1. The highest BCUT2D eigenvalue weighted by Crippen LogP contribution is 2.28. The van der Waals surface area contributed by atoms with Gasteiger partial charge in [0.05, 0.1) is 24.4 Å². The summed E-state index contributed by atoms with van der Waals surface area (Å²) in [6.07, 6.45) is 0.892. The molecule has 6 nitrogen and oxygen atoms in total. The molecule has 136 valence electrons. The van der Waals surface area contributed by atoms with E-state index >= 15 is 0 Å². The number of nitrogens with zero attached hydrogens (tertiary/aromatic N) is 1. The minimum absolute atomic E-state index is 0.0187. The van der Waals surface area contributed by atoms with Crippen LogP contribution in [-0.4, -0.2) is 24.7 Å². The molecule has 2 aromatic carbocycles. The van der Waals surface area contributed by atoms with Gasteiger partial charge in [0.25, 0.3) is 5.91 Å². The van der Waals surface area contributed by atoms with Crippen LogP contribution in [0.4, 0.5) is 5.69 Å². The van der Waals surface area contributed by atoms with Gasteiger partial charge < -0.3 is 14.8 Å². The summed E-state index contributed by atoms with van der Waals surface area (Å²) in [7, 11) is 3.07. The van der Waals surface area contributed by atoms with Gasteiger partial charge in [-0.3, -0.25) is 14.2 Å². The lowest BCUT2D eigenvalue weighted by Gasteiger charge is -2.10. The second-order valence-corrected chi connectivity index (χ2v) is 6.72. The SMILES string of the molecule is CCCn1c(=O)sc2cc(NC(=O)c3ccc(OC)c(OC)c3)ccc21. The second-order valence-electron chi connectivity index (χ2n) is 5.73. The second kappa shape index (κ2) is 7.61. The molecular weight excluding hydrogens is 352 g/mol. The van der Waals surface area contributed by atoms with Crippen molar-refractivity contribution in [2.45, 2.75) is 19.9 Å². The Kier molecular flexibility index (Phi) is 5.27. The Morgan fingerprint density at radius 1 is 1.12 bits per heavy atom. The first kappa shape index (κ1) is 18.0. The maximum atomic E-state index is 12.5. The molecule has 0 bridgehead atoms. The highest BCUT2D eigenvalue weighted by molar-refractivity contribution is 7.16. The summed E-state index contributed by atoms with van der Waals surface area (Å²) in [4.78, 5) is 24.6. The third-order valence-electron chi connectivity index (χ3n) is 4.02. The Morgan fingerprint density at radius 2 is 1.88 bits per heavy atom. The average molecular weight is 372 g/mol. The van der Waals surface area contributed by atoms with Gasteiger partial charge in [0.2, 0.25) is 0 Å². The molecule has 0 saturated heterocycles. The monoisotopic (exact) mass is 372 g/mol. The molecule has 7 heteroatoms. The molecule has 1 heterocycles. The lowest BCUT2D eigenvalue weighted by Crippen LogP contribution is -2.13. The first-order valence-electron chi connectivity index (χ1n) is 8.24. The zero-order valence-electron chi connectivity index (χ0n) is 14.9. The standard InChI is InChI=1S/C19H20N2O4S/c1-4-9-21-14-7-6-13(11-17(14)26-19(21)23)20-18(22)12-5-8-15(24-2)16(10-12)25-3/h5-8,10-11H,4,9H2,1-3H3,(H,20,22). The Morgan fingerprint density at radius 3 is 2.58 bits per heavy atom. The van der Waals surface area contributed by atoms with Crippen LogP contribution >= 0.6 is 11.3 Å². The molecule has 26 heavy (non-hydrogen) atoms. The van der Waals surface area contributed by atoms with Crippen LogP contribution in [0.2, 0.25) is 0 Å². The van der Waals surface area contributed by atoms with Crippen molar-refractivity contribution in [3.8, 4) is 11.5 Å². The van der Waals surface area contributed by atoms with E-state index in [1.54, 1.807) is 35.9 Å². The Hall–Kier alpha value is -2.80. The molecule has 1 amide bonds. The summed E-state index contributed by atoms with van der Waals surface area (Å²) in [6.45, 7) is 2.73. The molecule has 0 radical (unpaired) electrons. The van der Waals surface area contributed by atoms with E-state index < -0.39 is 0 Å². The van der Waals surface area contributed by atoms with Gasteiger partial charge in [0.15, 0.2) is 11.5 Å². The van der Waals surface area contributed by atoms with Crippen LogP contribution in [-0.2, 0) is 6.54 Å². The van der Waals surface area contributed by atoms with E-state index in [0.717, 1.165) is 16.6 Å². The molecule has 0 saturated carbocycles. The maximum absolute atomic E-state index is 12.5. The van der Waals surface area contributed by atoms with Crippen molar-refractivity contribution >= 4 is 33.1 Å². The Bertz CT molecular complexity index is 1010. The van der Waals surface area contributed by atoms with Crippen molar-refractivity contribution in [1.29, 1.82) is 0 Å². The van der Waals surface area contributed by atoms with Crippen LogP contribution in [0.15, 0.2) is 41.2 Å². The molecule has 0 unspecified atom stereocenters. The van der Waals surface area contributed by atoms with Gasteiger partial charge in [0, 0.05) is 17.8 Å². The summed E-state index contributed by atoms with van der Waals surface area (Å²) >= 11 is 1.19. The molecule has 0 atom stereocenters. The molecule has 0 aliphatic rings. The Labute approximate surface area is 155 Å². The number of ether oxygens (including phenoxy) is 2. The van der Waals surface area contributed by atoms with Crippen LogP contribution in [0, 0.1) is 0 Å². The van der Waals surface area contributed by atoms with Gasteiger partial charge in [0.1, 0.15) is 0 Å². The number of fused-ring (bicyclic) bond motifs is 1. The first-order valence-corrected chi connectivity index (χ1v) is 9.05. The maximum Gasteiger partial charge on any atom is 0.308 e. The average Bonchev–Trinajstić information content (AvgIpc) is 2.96. The fraction of sp³-hybridized carbons (Fsp3) is 0.263. The number of carbonyl (C=O) groups excluding carboxylic acids is 1. The Balaban J connectivity index is 1.86. The lowest BCUT2D eigenvalue weighted by molar-refractivity contribution is 0.102. The van der Waals surface area contributed by atoms with Gasteiger partial charge in [-0.1, -0.05) is 18.3 Å². The van der Waals surface area contributed by atoms with E-state index in [-0.39, 0.29) is 10.8 Å². The summed E-state index contributed by atoms with van der Waals surface area (Å²) in [5.74, 6) is 0.795. The highest BCUT2D eigenvalue weighted by Gasteiger charge is 2.12. The van der Waals surface area contributed by atoms with Crippen LogP contribution in [0.1, 0.15) is 23.7 Å². The number of nitrogens with one attached hydrogen (secondary N) is 1. The van der Waals surface area contributed by atoms with Gasteiger partial charge in [-0.15, -0.1) is 0 Å². The molecule has 1 aromatic heterocycles. The lowest BCUT2D eigenvalue weighted by atomic mass is 10.2. The number of rotatable bonds is 6. The number of hydrogen-bond acceptors (Lipinski definition) is 5. The van der Waals surface area contributed by atoms with E-state index in [2.05, 4.69) is 5.32 Å². The minimum Gasteiger partial charge on any atom is -0.493 e. The molecule has 1 N–H and O–H groups in total. The number of amides is 1. The molecule has 0 fully saturated rings. The normalized spacial score (nSPS) is 10.7. The predicted molar refractivity (Wildman–Crippen MR) is 104 cm³/mol. The van der Waals surface area contributed by atoms with Crippen molar-refractivity contribution < 1.29 is 14.3 Å². The molecule has 0 spiro atoms. The van der Waals surface area contributed by atoms with Gasteiger partial charge in [-0.2, -0.15) is 0 Å². The third kappa shape index (κ3) is 3.43. The van der Waals surface area contributed by atoms with E-state index in [1.807, 2.05) is 19.1 Å². The first-order chi connectivity index (χ1) is 12.6. The topological polar surface area (TPSA) is 69.6 Å². The van der Waals surface area contributed by atoms with Crippen molar-refractivity contribution in [2.75, 3.05) is 19.5 Å². The van der Waals surface area contributed by atoms with Crippen LogP contribution in [0.25, 0.3) is 10.2 Å². The van der Waals surface area contributed by atoms with Crippen LogP contribution in [0.5, 0.6) is 11.5 Å². The summed E-state index contributed by atoms with van der Waals surface area (Å²) in [5, 5.41) is 2.86. The van der Waals surface area contributed by atoms with Crippen molar-refractivity contribution in [1.82, 2.24) is 4.57 Å². The molecule has 3 aromatic rings. The third-order valence-corrected chi connectivity index (χ3v) is 4.96. The van der Waals surface area contributed by atoms with E-state index in [1.165, 1.54) is 18.4 Å². The van der Waals surface area contributed by atoms with Crippen molar-refractivity contribution in [3.05, 3.63) is 51.6 Å². The number of methoxy groups -OCH3 is 2. The highest BCUT2D eigenvalue weighted by atomic mass is 32.1. The van der Waals surface area contributed by atoms with E-state index in [4.69, 9.17) is 9.47 Å². The summed E-state index contributed by atoms with van der Waals surface area (Å²) < 4.78 is 13.0. The number of carbonyl (C=O) groups is 1. The number of hydrogen-bond donors (Lipinski definition) is 1. The van der Waals surface area contributed by atoms with Crippen molar-refractivity contribution in [2.24, 2.45) is 0 Å². The quantitative estimate of drug-likeness (QED) is 0.716. The van der Waals surface area contributed by atoms with Crippen molar-refractivity contribution in [3.63, 3.8) is 0 Å². The van der Waals surface area contributed by atoms with Crippen LogP contribution in [0.3, 0.4) is 0 Å². The van der Waals surface area contributed by atoms with E-state index in [9.17, 15) is 9.59 Å². The molecular formula is C19H20N2O4S. The smallest absolute Gasteiger partial charge is 0.308 e. The minimum atomic E-state index is -0.259. The van der Waals surface area contributed by atoms with Crippen LogP contribution < -0.4 is 19.7 Å². The number of thiazole rings is 1. The van der Waals surface area contributed by atoms with Gasteiger partial charge >= 0.3 is 4.87 Å².